The van der Waals surface area contributed by atoms with Gasteiger partial charge < -0.3 is 15.3 Å². The summed E-state index contributed by atoms with van der Waals surface area (Å²) >= 11 is 0. The molecule has 0 aliphatic rings. The second-order valence-electron chi connectivity index (χ2n) is 2.03. The Bertz CT molecular complexity index is 258. The molecule has 0 aliphatic heterocycles. The highest BCUT2D eigenvalue weighted by Gasteiger charge is 2.01. The molecule has 0 aromatic heterocycles. The molecule has 11 heavy (non-hydrogen) atoms. The van der Waals surface area contributed by atoms with E-state index in [1.807, 2.05) is 0 Å². The van der Waals surface area contributed by atoms with Crippen LogP contribution < -0.4 is 0 Å². The van der Waals surface area contributed by atoms with Crippen LogP contribution in [0.4, 0.5) is 0 Å². The molecular formula is C8H8O3. The van der Waals surface area contributed by atoms with Crippen molar-refractivity contribution in [3.05, 3.63) is 30.0 Å². The van der Waals surface area contributed by atoms with Gasteiger partial charge in [0.25, 0.3) is 0 Å². The van der Waals surface area contributed by atoms with Gasteiger partial charge in [0.05, 0.1) is 11.8 Å². The number of hydrogen-bond donors (Lipinski definition) is 3. The molecule has 0 fully saturated rings. The van der Waals surface area contributed by atoms with E-state index in [4.69, 9.17) is 15.3 Å². The molecule has 1 aromatic carbocycles. The van der Waals surface area contributed by atoms with Gasteiger partial charge in [0.1, 0.15) is 11.5 Å². The molecular weight excluding hydrogens is 144 g/mol. The van der Waals surface area contributed by atoms with E-state index in [1.165, 1.54) is 24.3 Å². The minimum Gasteiger partial charge on any atom is -0.516 e. The molecule has 1 rings (SSSR count). The van der Waals surface area contributed by atoms with E-state index in [0.29, 0.717) is 0 Å². The Labute approximate surface area is 63.9 Å². The van der Waals surface area contributed by atoms with Crippen LogP contribution in [0.25, 0.3) is 6.08 Å². The normalized spacial score (nSPS) is 10.5. The molecule has 0 radical (unpaired) electrons. The standard InChI is InChI=1S/C8H8O3/c9-5-4-6-7(10)2-1-3-8(6)11/h1-5,9-11H/b5-4-. The molecule has 1 aromatic rings. The molecule has 0 bridgehead atoms. The van der Waals surface area contributed by atoms with Gasteiger partial charge in [0, 0.05) is 0 Å². The first-order valence-electron chi connectivity index (χ1n) is 3.07. The highest BCUT2D eigenvalue weighted by atomic mass is 16.3. The number of benzene rings is 1. The lowest BCUT2D eigenvalue weighted by atomic mass is 10.2. The minimum absolute atomic E-state index is 0.0599. The van der Waals surface area contributed by atoms with Crippen LogP contribution in [-0.2, 0) is 0 Å². The first-order chi connectivity index (χ1) is 5.25. The molecule has 3 N–H and O–H groups in total. The van der Waals surface area contributed by atoms with Gasteiger partial charge >= 0.3 is 0 Å². The Morgan fingerprint density at radius 1 is 1.09 bits per heavy atom. The van der Waals surface area contributed by atoms with Crippen molar-refractivity contribution in [2.24, 2.45) is 0 Å². The number of aliphatic hydroxyl groups excluding tert-OH is 1. The van der Waals surface area contributed by atoms with E-state index in [1.54, 1.807) is 0 Å². The quantitative estimate of drug-likeness (QED) is 0.536. The number of phenols is 2. The van der Waals surface area contributed by atoms with Gasteiger partial charge in [-0.05, 0) is 18.2 Å². The van der Waals surface area contributed by atoms with Gasteiger partial charge in [0.2, 0.25) is 0 Å². The summed E-state index contributed by atoms with van der Waals surface area (Å²) in [5.41, 5.74) is 0.218. The van der Waals surface area contributed by atoms with E-state index in [9.17, 15) is 0 Å². The van der Waals surface area contributed by atoms with E-state index in [-0.39, 0.29) is 17.1 Å². The predicted octanol–water partition coefficient (Wildman–Crippen LogP) is 1.63. The molecule has 0 amide bonds. The average Bonchev–Trinajstić information content (AvgIpc) is 1.97. The van der Waals surface area contributed by atoms with Crippen molar-refractivity contribution in [3.8, 4) is 11.5 Å². The smallest absolute Gasteiger partial charge is 0.126 e. The number of phenolic OH excluding ortho intramolecular Hbond substituents is 2. The topological polar surface area (TPSA) is 60.7 Å². The van der Waals surface area contributed by atoms with Crippen LogP contribution in [0.5, 0.6) is 11.5 Å². The molecule has 0 unspecified atom stereocenters. The molecule has 0 saturated carbocycles. The second-order valence-corrected chi connectivity index (χ2v) is 2.03. The summed E-state index contributed by atoms with van der Waals surface area (Å²) in [6.07, 6.45) is 1.97. The van der Waals surface area contributed by atoms with Gasteiger partial charge in [0.15, 0.2) is 0 Å². The van der Waals surface area contributed by atoms with Crippen LogP contribution in [-0.4, -0.2) is 15.3 Å². The van der Waals surface area contributed by atoms with Gasteiger partial charge in [-0.15, -0.1) is 0 Å². The monoisotopic (exact) mass is 152 g/mol. The van der Waals surface area contributed by atoms with Crippen LogP contribution in [0.15, 0.2) is 24.5 Å². The van der Waals surface area contributed by atoms with E-state index in [2.05, 4.69) is 0 Å². The molecule has 0 aliphatic carbocycles. The van der Waals surface area contributed by atoms with Crippen molar-refractivity contribution in [3.63, 3.8) is 0 Å². The Morgan fingerprint density at radius 3 is 2.09 bits per heavy atom. The number of hydrogen-bond acceptors (Lipinski definition) is 3. The first kappa shape index (κ1) is 7.47. The van der Waals surface area contributed by atoms with Crippen molar-refractivity contribution in [2.75, 3.05) is 0 Å². The zero-order valence-corrected chi connectivity index (χ0v) is 5.73. The van der Waals surface area contributed by atoms with Crippen molar-refractivity contribution in [1.29, 1.82) is 0 Å². The third kappa shape index (κ3) is 1.43. The van der Waals surface area contributed by atoms with E-state index < -0.39 is 0 Å². The maximum absolute atomic E-state index is 9.10. The first-order valence-corrected chi connectivity index (χ1v) is 3.07. The Balaban J connectivity index is 3.20. The van der Waals surface area contributed by atoms with E-state index in [0.717, 1.165) is 6.26 Å². The van der Waals surface area contributed by atoms with Gasteiger partial charge in [-0.1, -0.05) is 6.07 Å². The fraction of sp³-hybridized carbons (Fsp3) is 0. The summed E-state index contributed by atoms with van der Waals surface area (Å²) in [4.78, 5) is 0. The van der Waals surface area contributed by atoms with Crippen LogP contribution >= 0.6 is 0 Å². The van der Waals surface area contributed by atoms with Crippen molar-refractivity contribution in [1.82, 2.24) is 0 Å². The van der Waals surface area contributed by atoms with Crippen molar-refractivity contribution >= 4 is 6.08 Å². The zero-order valence-electron chi connectivity index (χ0n) is 5.73. The van der Waals surface area contributed by atoms with Crippen molar-refractivity contribution in [2.45, 2.75) is 0 Å². The molecule has 3 heteroatoms. The average molecular weight is 152 g/mol. The Hall–Kier alpha value is -1.64. The lowest BCUT2D eigenvalue weighted by Gasteiger charge is -1.99. The summed E-state index contributed by atoms with van der Waals surface area (Å²) in [5, 5.41) is 26.6. The number of aliphatic hydroxyl groups is 1. The SMILES string of the molecule is O/C=C\c1c(O)cccc1O. The number of aromatic hydroxyl groups is 2. The third-order valence-corrected chi connectivity index (χ3v) is 1.30. The maximum Gasteiger partial charge on any atom is 0.126 e. The van der Waals surface area contributed by atoms with Crippen LogP contribution in [0, 0.1) is 0 Å². The summed E-state index contributed by atoms with van der Waals surface area (Å²) in [6, 6.07) is 4.36. The minimum atomic E-state index is -0.0599. The number of rotatable bonds is 1. The molecule has 3 nitrogen and oxygen atoms in total. The summed E-state index contributed by atoms with van der Waals surface area (Å²) in [5.74, 6) is -0.120. The Kier molecular flexibility index (Phi) is 2.01. The lowest BCUT2D eigenvalue weighted by molar-refractivity contribution is 0.446. The fourth-order valence-electron chi connectivity index (χ4n) is 0.786. The summed E-state index contributed by atoms with van der Waals surface area (Å²) in [7, 11) is 0. The largest absolute Gasteiger partial charge is 0.516 e. The summed E-state index contributed by atoms with van der Waals surface area (Å²) < 4.78 is 0. The molecule has 0 heterocycles. The second kappa shape index (κ2) is 2.96. The van der Waals surface area contributed by atoms with Crippen LogP contribution in [0.1, 0.15) is 5.56 Å². The molecule has 0 atom stereocenters. The molecule has 58 valence electrons. The van der Waals surface area contributed by atoms with Crippen LogP contribution in [0.2, 0.25) is 0 Å². The molecule has 0 spiro atoms. The maximum atomic E-state index is 9.10. The van der Waals surface area contributed by atoms with Gasteiger partial charge in [-0.2, -0.15) is 0 Å². The highest BCUT2D eigenvalue weighted by molar-refractivity contribution is 5.62. The Morgan fingerprint density at radius 2 is 1.64 bits per heavy atom. The van der Waals surface area contributed by atoms with Crippen molar-refractivity contribution < 1.29 is 15.3 Å². The molecule has 0 saturated heterocycles. The fourth-order valence-corrected chi connectivity index (χ4v) is 0.786. The van der Waals surface area contributed by atoms with E-state index >= 15 is 0 Å². The van der Waals surface area contributed by atoms with Crippen LogP contribution in [0.3, 0.4) is 0 Å². The highest BCUT2D eigenvalue weighted by Crippen LogP contribution is 2.26. The summed E-state index contributed by atoms with van der Waals surface area (Å²) in [6.45, 7) is 0. The van der Waals surface area contributed by atoms with Gasteiger partial charge in [-0.3, -0.25) is 0 Å². The zero-order chi connectivity index (χ0) is 8.27. The van der Waals surface area contributed by atoms with Gasteiger partial charge in [-0.25, -0.2) is 0 Å². The third-order valence-electron chi connectivity index (χ3n) is 1.30. The predicted molar refractivity (Wildman–Crippen MR) is 41.4 cm³/mol. The lowest BCUT2D eigenvalue weighted by Crippen LogP contribution is -1.75.